The Hall–Kier alpha value is -4.53. The number of aromatic nitrogens is 6. The van der Waals surface area contributed by atoms with Crippen LogP contribution < -0.4 is 0 Å². The van der Waals surface area contributed by atoms with E-state index in [0.717, 1.165) is 38.8 Å². The van der Waals surface area contributed by atoms with Gasteiger partial charge in [-0.15, -0.1) is 0 Å². The average molecular weight is 535 g/mol. The van der Waals surface area contributed by atoms with Gasteiger partial charge in [0.15, 0.2) is 5.78 Å². The van der Waals surface area contributed by atoms with Crippen molar-refractivity contribution in [3.05, 3.63) is 109 Å². The van der Waals surface area contributed by atoms with Gasteiger partial charge in [-0.2, -0.15) is 10.2 Å². The highest BCUT2D eigenvalue weighted by atomic mass is 16.1. The third-order valence-corrected chi connectivity index (χ3v) is 7.77. The van der Waals surface area contributed by atoms with Crippen molar-refractivity contribution >= 4 is 16.9 Å². The summed E-state index contributed by atoms with van der Waals surface area (Å²) in [6.07, 6.45) is 14.7. The van der Waals surface area contributed by atoms with Crippen LogP contribution in [0.3, 0.4) is 0 Å². The maximum absolute atomic E-state index is 14.7. The lowest BCUT2D eigenvalue weighted by Crippen LogP contribution is -2.53. The smallest absolute Gasteiger partial charge is 0.181 e. The number of nitrogens with zero attached hydrogens (tertiary/aromatic N) is 8. The molecule has 4 heterocycles. The van der Waals surface area contributed by atoms with Gasteiger partial charge in [0, 0.05) is 25.5 Å². The number of hydrogen-bond acceptors (Lipinski definition) is 7. The van der Waals surface area contributed by atoms with Gasteiger partial charge in [-0.05, 0) is 48.0 Å². The second-order valence-electron chi connectivity index (χ2n) is 10.4. The molecule has 0 N–H and O–H groups in total. The second-order valence-corrected chi connectivity index (χ2v) is 10.4. The van der Waals surface area contributed by atoms with E-state index in [0.29, 0.717) is 13.1 Å². The molecule has 0 aliphatic carbocycles. The Labute approximate surface area is 234 Å². The number of carbonyl (C=O) groups is 1. The second kappa shape index (κ2) is 12.1. The molecule has 6 rings (SSSR count). The highest BCUT2D eigenvalue weighted by Crippen LogP contribution is 2.29. The monoisotopic (exact) mass is 534 g/mol. The zero-order chi connectivity index (χ0) is 27.1. The highest BCUT2D eigenvalue weighted by molar-refractivity contribution is 5.90. The van der Waals surface area contributed by atoms with Gasteiger partial charge in [-0.1, -0.05) is 60.7 Å². The van der Waals surface area contributed by atoms with Crippen LogP contribution in [0.5, 0.6) is 0 Å². The Balaban J connectivity index is 1.36. The van der Waals surface area contributed by atoms with Gasteiger partial charge < -0.3 is 9.80 Å². The van der Waals surface area contributed by atoms with Gasteiger partial charge in [-0.3, -0.25) is 14.2 Å². The van der Waals surface area contributed by atoms with Gasteiger partial charge in [0.1, 0.15) is 37.4 Å². The first kappa shape index (κ1) is 25.7. The van der Waals surface area contributed by atoms with Gasteiger partial charge in [0.25, 0.3) is 0 Å². The van der Waals surface area contributed by atoms with Crippen LogP contribution in [0.4, 0.5) is 0 Å². The van der Waals surface area contributed by atoms with E-state index in [1.165, 1.54) is 34.9 Å². The van der Waals surface area contributed by atoms with Crippen molar-refractivity contribution in [3.63, 3.8) is 0 Å². The summed E-state index contributed by atoms with van der Waals surface area (Å²) >= 11 is 0. The number of rotatable bonds is 10. The molecule has 0 amide bonds. The van der Waals surface area contributed by atoms with Gasteiger partial charge in [0.2, 0.25) is 0 Å². The Kier molecular flexibility index (Phi) is 7.79. The molecule has 0 spiro atoms. The minimum Gasteiger partial charge on any atom is -0.365 e. The Morgan fingerprint density at radius 1 is 0.675 bits per heavy atom. The van der Waals surface area contributed by atoms with Crippen molar-refractivity contribution in [1.82, 2.24) is 39.3 Å². The molecule has 0 bridgehead atoms. The highest BCUT2D eigenvalue weighted by Gasteiger charge is 2.36. The molecule has 0 saturated carbocycles. The fraction of sp³-hybridized carbons (Fsp3) is 0.323. The summed E-state index contributed by atoms with van der Waals surface area (Å²) in [7, 11) is 0. The predicted octanol–water partition coefficient (Wildman–Crippen LogP) is 4.15. The summed E-state index contributed by atoms with van der Waals surface area (Å²) in [5.41, 5.74) is 4.90. The van der Waals surface area contributed by atoms with Crippen molar-refractivity contribution in [2.75, 3.05) is 13.1 Å². The number of hydrogen-bond donors (Lipinski definition) is 0. The summed E-state index contributed by atoms with van der Waals surface area (Å²) in [6.45, 7) is 2.47. The minimum atomic E-state index is -0.412. The summed E-state index contributed by atoms with van der Waals surface area (Å²) in [5.74, 6) is 0.141. The van der Waals surface area contributed by atoms with E-state index in [9.17, 15) is 4.79 Å². The van der Waals surface area contributed by atoms with Gasteiger partial charge >= 0.3 is 0 Å². The van der Waals surface area contributed by atoms with E-state index in [1.54, 1.807) is 22.0 Å². The molecule has 9 nitrogen and oxygen atoms in total. The first-order valence-corrected chi connectivity index (χ1v) is 14.0. The maximum atomic E-state index is 14.7. The summed E-state index contributed by atoms with van der Waals surface area (Å²) in [4.78, 5) is 27.4. The molecule has 0 saturated heterocycles. The topological polar surface area (TPSA) is 85.0 Å². The number of ketones is 1. The molecule has 2 unspecified atom stereocenters. The van der Waals surface area contributed by atoms with Crippen LogP contribution in [-0.2, 0) is 17.9 Å². The lowest BCUT2D eigenvalue weighted by Gasteiger charge is -2.39. The van der Waals surface area contributed by atoms with E-state index in [1.807, 2.05) is 12.1 Å². The molecule has 204 valence electrons. The SMILES string of the molecule is O=C(C(Cn1cncn1)N1C=C(c2ccccc2)CCC1)C(Cn1cncn1)N1C=C(c2ccccc2)CCC1. The molecule has 2 aromatic carbocycles. The third kappa shape index (κ3) is 5.88. The fourth-order valence-electron chi connectivity index (χ4n) is 5.74. The largest absolute Gasteiger partial charge is 0.365 e. The van der Waals surface area contributed by atoms with E-state index < -0.39 is 12.1 Å². The van der Waals surface area contributed by atoms with Crippen molar-refractivity contribution in [3.8, 4) is 0 Å². The predicted molar refractivity (Wildman–Crippen MR) is 153 cm³/mol. The number of benzene rings is 2. The van der Waals surface area contributed by atoms with Crippen molar-refractivity contribution in [2.45, 2.75) is 50.9 Å². The minimum absolute atomic E-state index is 0.141. The lowest BCUT2D eigenvalue weighted by atomic mass is 9.94. The Morgan fingerprint density at radius 3 is 1.52 bits per heavy atom. The van der Waals surface area contributed by atoms with E-state index in [2.05, 4.69) is 90.9 Å². The van der Waals surface area contributed by atoms with Crippen molar-refractivity contribution in [1.29, 1.82) is 0 Å². The fourth-order valence-corrected chi connectivity index (χ4v) is 5.74. The van der Waals surface area contributed by atoms with Crippen molar-refractivity contribution < 1.29 is 4.79 Å². The van der Waals surface area contributed by atoms with E-state index in [4.69, 9.17) is 0 Å². The maximum Gasteiger partial charge on any atom is 0.181 e. The third-order valence-electron chi connectivity index (χ3n) is 7.77. The molecule has 2 aromatic heterocycles. The summed E-state index contributed by atoms with van der Waals surface area (Å²) in [5, 5.41) is 8.73. The normalized spacial score (nSPS) is 17.2. The van der Waals surface area contributed by atoms with Gasteiger partial charge in [0.05, 0.1) is 13.1 Å². The van der Waals surface area contributed by atoms with Gasteiger partial charge in [-0.25, -0.2) is 9.97 Å². The van der Waals surface area contributed by atoms with Crippen LogP contribution in [0.2, 0.25) is 0 Å². The van der Waals surface area contributed by atoms with Crippen LogP contribution in [0.15, 0.2) is 98.4 Å². The van der Waals surface area contributed by atoms with Crippen LogP contribution in [-0.4, -0.2) is 70.3 Å². The van der Waals surface area contributed by atoms with Crippen LogP contribution in [0, 0.1) is 0 Å². The molecule has 40 heavy (non-hydrogen) atoms. The molecular weight excluding hydrogens is 500 g/mol. The summed E-state index contributed by atoms with van der Waals surface area (Å²) in [6, 6.07) is 20.1. The molecule has 2 aliphatic rings. The molecule has 0 radical (unpaired) electrons. The van der Waals surface area contributed by atoms with Crippen LogP contribution in [0.25, 0.3) is 11.1 Å². The van der Waals surface area contributed by atoms with Crippen LogP contribution in [0.1, 0.15) is 36.8 Å². The average Bonchev–Trinajstić information content (AvgIpc) is 3.74. The number of carbonyl (C=O) groups excluding carboxylic acids is 1. The Bertz CT molecular complexity index is 1320. The molecule has 4 aromatic rings. The molecular formula is C31H34N8O. The van der Waals surface area contributed by atoms with E-state index in [-0.39, 0.29) is 5.78 Å². The molecule has 2 aliphatic heterocycles. The Morgan fingerprint density at radius 2 is 1.12 bits per heavy atom. The molecule has 9 heteroatoms. The number of allylic oxidation sites excluding steroid dienone is 2. The standard InChI is InChI=1S/C31H34N8O/c40-31(29(19-38-23-32-21-34-38)36-15-7-13-27(17-36)25-9-3-1-4-10-25)30(20-39-24-33-22-35-39)37-16-8-14-28(18-37)26-11-5-2-6-12-26/h1-6,9-12,17-18,21-24,29-30H,7-8,13-16,19-20H2. The van der Waals surface area contributed by atoms with E-state index >= 15 is 0 Å². The quantitative estimate of drug-likeness (QED) is 0.302. The zero-order valence-electron chi connectivity index (χ0n) is 22.5. The van der Waals surface area contributed by atoms with Crippen molar-refractivity contribution in [2.24, 2.45) is 0 Å². The summed E-state index contributed by atoms with van der Waals surface area (Å²) < 4.78 is 3.53. The molecule has 0 fully saturated rings. The zero-order valence-corrected chi connectivity index (χ0v) is 22.5. The molecule has 2 atom stereocenters. The first-order chi connectivity index (χ1) is 19.7. The van der Waals surface area contributed by atoms with Crippen LogP contribution >= 0.6 is 0 Å². The number of Topliss-reactive ketones (excluding diaryl/α,β-unsaturated/α-hetero) is 1. The first-order valence-electron chi connectivity index (χ1n) is 14.0. The lowest BCUT2D eigenvalue weighted by molar-refractivity contribution is -0.129.